The molecule has 0 aliphatic carbocycles. The Bertz CT molecular complexity index is 586. The summed E-state index contributed by atoms with van der Waals surface area (Å²) in [5.74, 6) is 0. The van der Waals surface area contributed by atoms with Gasteiger partial charge in [-0.15, -0.1) is 0 Å². The number of nitrogens with one attached hydrogen (secondary N) is 1. The highest BCUT2D eigenvalue weighted by Gasteiger charge is 2.05. The summed E-state index contributed by atoms with van der Waals surface area (Å²) in [7, 11) is 0. The van der Waals surface area contributed by atoms with Gasteiger partial charge in [0.1, 0.15) is 0 Å². The van der Waals surface area contributed by atoms with E-state index in [0.29, 0.717) is 9.26 Å². The van der Waals surface area contributed by atoms with E-state index in [1.165, 1.54) is 6.20 Å². The molecule has 1 aromatic heterocycles. The first-order valence-corrected chi connectivity index (χ1v) is 5.33. The fourth-order valence-corrected chi connectivity index (χ4v) is 1.66. The fraction of sp³-hybridized carbons (Fsp3) is 0. The van der Waals surface area contributed by atoms with Crippen molar-refractivity contribution in [2.45, 2.75) is 0 Å². The van der Waals surface area contributed by atoms with Crippen molar-refractivity contribution >= 4 is 22.6 Å². The quantitative estimate of drug-likeness (QED) is 0.802. The number of benzene rings is 1. The Balaban J connectivity index is 2.80. The molecule has 0 radical (unpaired) electrons. The zero-order chi connectivity index (χ0) is 10.8. The Kier molecular flexibility index (Phi) is 2.72. The van der Waals surface area contributed by atoms with Crippen molar-refractivity contribution in [3.63, 3.8) is 0 Å². The van der Waals surface area contributed by atoms with Gasteiger partial charge in [-0.2, -0.15) is 0 Å². The van der Waals surface area contributed by atoms with Crippen LogP contribution in [-0.2, 0) is 0 Å². The molecule has 4 nitrogen and oxygen atoms in total. The molecule has 0 saturated heterocycles. The second kappa shape index (κ2) is 4.01. The summed E-state index contributed by atoms with van der Waals surface area (Å²) in [6.07, 6.45) is 1.41. The SMILES string of the molecule is O=c1[nH]cc(I)c(=O)n1-c1ccccc1. The number of aromatic nitrogens is 2. The van der Waals surface area contributed by atoms with Crippen LogP contribution in [0.25, 0.3) is 5.69 Å². The molecule has 1 heterocycles. The maximum Gasteiger partial charge on any atom is 0.333 e. The van der Waals surface area contributed by atoms with Crippen LogP contribution < -0.4 is 11.2 Å². The Morgan fingerprint density at radius 3 is 2.47 bits per heavy atom. The predicted molar refractivity (Wildman–Crippen MR) is 65.4 cm³/mol. The highest BCUT2D eigenvalue weighted by molar-refractivity contribution is 14.1. The molecule has 0 aliphatic heterocycles. The van der Waals surface area contributed by atoms with Crippen LogP contribution in [0.4, 0.5) is 0 Å². The van der Waals surface area contributed by atoms with Crippen LogP contribution >= 0.6 is 22.6 Å². The van der Waals surface area contributed by atoms with Crippen molar-refractivity contribution in [3.05, 3.63) is 60.9 Å². The van der Waals surface area contributed by atoms with Crippen molar-refractivity contribution in [1.82, 2.24) is 9.55 Å². The van der Waals surface area contributed by atoms with Crippen molar-refractivity contribution in [2.75, 3.05) is 0 Å². The normalized spacial score (nSPS) is 10.2. The van der Waals surface area contributed by atoms with E-state index in [0.717, 1.165) is 4.57 Å². The predicted octanol–water partition coefficient (Wildman–Crippen LogP) is 1.13. The summed E-state index contributed by atoms with van der Waals surface area (Å²) in [6, 6.07) is 8.82. The molecule has 0 atom stereocenters. The lowest BCUT2D eigenvalue weighted by Gasteiger charge is -2.03. The maximum atomic E-state index is 11.7. The Morgan fingerprint density at radius 1 is 1.13 bits per heavy atom. The third-order valence-corrected chi connectivity index (χ3v) is 2.72. The van der Waals surface area contributed by atoms with Crippen LogP contribution in [0.3, 0.4) is 0 Å². The van der Waals surface area contributed by atoms with E-state index in [-0.39, 0.29) is 5.56 Å². The molecular formula is C10H7IN2O2. The van der Waals surface area contributed by atoms with Gasteiger partial charge in [-0.05, 0) is 34.7 Å². The number of aromatic amines is 1. The van der Waals surface area contributed by atoms with Gasteiger partial charge in [-0.1, -0.05) is 18.2 Å². The first-order valence-electron chi connectivity index (χ1n) is 4.26. The minimum Gasteiger partial charge on any atom is -0.313 e. The van der Waals surface area contributed by atoms with Gasteiger partial charge in [0.2, 0.25) is 0 Å². The van der Waals surface area contributed by atoms with Crippen LogP contribution in [-0.4, -0.2) is 9.55 Å². The summed E-state index contributed by atoms with van der Waals surface area (Å²) in [6.45, 7) is 0. The van der Waals surface area contributed by atoms with Gasteiger partial charge in [-0.3, -0.25) is 4.79 Å². The zero-order valence-corrected chi connectivity index (χ0v) is 9.76. The van der Waals surface area contributed by atoms with Crippen LogP contribution in [0.15, 0.2) is 46.1 Å². The smallest absolute Gasteiger partial charge is 0.313 e. The minimum atomic E-state index is -0.424. The van der Waals surface area contributed by atoms with Gasteiger partial charge in [0, 0.05) is 6.20 Å². The summed E-state index contributed by atoms with van der Waals surface area (Å²) >= 11 is 1.89. The maximum absolute atomic E-state index is 11.7. The average Bonchev–Trinajstić information content (AvgIpc) is 2.26. The van der Waals surface area contributed by atoms with E-state index >= 15 is 0 Å². The molecule has 0 saturated carbocycles. The molecule has 76 valence electrons. The van der Waals surface area contributed by atoms with Gasteiger partial charge in [-0.25, -0.2) is 9.36 Å². The van der Waals surface area contributed by atoms with E-state index in [1.54, 1.807) is 24.3 Å². The first kappa shape index (κ1) is 10.2. The number of nitrogens with zero attached hydrogens (tertiary/aromatic N) is 1. The van der Waals surface area contributed by atoms with Gasteiger partial charge < -0.3 is 4.98 Å². The molecule has 0 fully saturated rings. The molecule has 15 heavy (non-hydrogen) atoms. The monoisotopic (exact) mass is 314 g/mol. The van der Waals surface area contributed by atoms with Gasteiger partial charge in [0.05, 0.1) is 9.26 Å². The summed E-state index contributed by atoms with van der Waals surface area (Å²) in [4.78, 5) is 25.7. The highest BCUT2D eigenvalue weighted by atomic mass is 127. The van der Waals surface area contributed by atoms with E-state index in [4.69, 9.17) is 0 Å². The Hall–Kier alpha value is -1.37. The molecule has 1 N–H and O–H groups in total. The molecule has 0 unspecified atom stereocenters. The second-order valence-corrected chi connectivity index (χ2v) is 4.08. The Morgan fingerprint density at radius 2 is 1.80 bits per heavy atom. The standard InChI is InChI=1S/C10H7IN2O2/c11-8-6-12-10(15)13(9(8)14)7-4-2-1-3-5-7/h1-6H,(H,12,15). The molecule has 0 aliphatic rings. The van der Waals surface area contributed by atoms with Gasteiger partial charge >= 0.3 is 5.69 Å². The van der Waals surface area contributed by atoms with Gasteiger partial charge in [0.25, 0.3) is 5.56 Å². The number of hydrogen-bond donors (Lipinski definition) is 1. The van der Waals surface area contributed by atoms with Crippen LogP contribution in [0.5, 0.6) is 0 Å². The molecule has 0 bridgehead atoms. The molecule has 2 rings (SSSR count). The van der Waals surface area contributed by atoms with E-state index in [2.05, 4.69) is 4.98 Å². The van der Waals surface area contributed by atoms with Crippen LogP contribution in [0.1, 0.15) is 0 Å². The third-order valence-electron chi connectivity index (χ3n) is 1.95. The largest absolute Gasteiger partial charge is 0.333 e. The molecule has 1 aromatic carbocycles. The van der Waals surface area contributed by atoms with Crippen molar-refractivity contribution in [1.29, 1.82) is 0 Å². The lowest BCUT2D eigenvalue weighted by molar-refractivity contribution is 0.865. The van der Waals surface area contributed by atoms with Crippen molar-refractivity contribution in [3.8, 4) is 5.69 Å². The van der Waals surface area contributed by atoms with Crippen LogP contribution in [0, 0.1) is 3.57 Å². The molecule has 2 aromatic rings. The summed E-state index contributed by atoms with van der Waals surface area (Å²) < 4.78 is 1.60. The molecular weight excluding hydrogens is 307 g/mol. The number of hydrogen-bond acceptors (Lipinski definition) is 2. The molecule has 0 spiro atoms. The summed E-state index contributed by atoms with van der Waals surface area (Å²) in [5.41, 5.74) is -0.153. The second-order valence-electron chi connectivity index (χ2n) is 2.92. The number of halogens is 1. The topological polar surface area (TPSA) is 54.9 Å². The number of rotatable bonds is 1. The van der Waals surface area contributed by atoms with Crippen molar-refractivity contribution in [2.24, 2.45) is 0 Å². The van der Waals surface area contributed by atoms with Crippen LogP contribution in [0.2, 0.25) is 0 Å². The van der Waals surface area contributed by atoms with Gasteiger partial charge in [0.15, 0.2) is 0 Å². The average molecular weight is 314 g/mol. The van der Waals surface area contributed by atoms with Crippen molar-refractivity contribution < 1.29 is 0 Å². The number of H-pyrrole nitrogens is 1. The van der Waals surface area contributed by atoms with E-state index in [9.17, 15) is 9.59 Å². The van der Waals surface area contributed by atoms with E-state index in [1.807, 2.05) is 28.7 Å². The first-order chi connectivity index (χ1) is 7.20. The lowest BCUT2D eigenvalue weighted by atomic mass is 10.3. The third kappa shape index (κ3) is 1.87. The number of para-hydroxylation sites is 1. The fourth-order valence-electron chi connectivity index (χ4n) is 1.26. The highest BCUT2D eigenvalue weighted by Crippen LogP contribution is 2.01. The minimum absolute atomic E-state index is 0.300. The lowest BCUT2D eigenvalue weighted by Crippen LogP contribution is -2.34. The Labute approximate surface area is 98.7 Å². The van der Waals surface area contributed by atoms with E-state index < -0.39 is 5.69 Å². The molecule has 0 amide bonds. The molecule has 5 heteroatoms. The zero-order valence-electron chi connectivity index (χ0n) is 7.61. The summed E-state index contributed by atoms with van der Waals surface area (Å²) in [5, 5.41) is 0.